The van der Waals surface area contributed by atoms with E-state index in [0.29, 0.717) is 18.6 Å². The molecule has 1 fully saturated rings. The van der Waals surface area contributed by atoms with Gasteiger partial charge in [0.05, 0.1) is 16.6 Å². The van der Waals surface area contributed by atoms with E-state index in [-0.39, 0.29) is 12.3 Å². The lowest BCUT2D eigenvalue weighted by Gasteiger charge is -2.35. The SMILES string of the molecule is CCOC(c1cccc2cccnc12)n1c(NC2CCN(CC(N)C(C)C)CC2)nc2ccccc21. The third-order valence-corrected chi connectivity index (χ3v) is 7.33. The zero-order chi connectivity index (χ0) is 25.1. The molecule has 0 saturated carbocycles. The number of pyridine rings is 1. The van der Waals surface area contributed by atoms with Crippen LogP contribution >= 0.6 is 0 Å². The number of anilines is 1. The average Bonchev–Trinajstić information content (AvgIpc) is 3.25. The van der Waals surface area contributed by atoms with E-state index in [9.17, 15) is 0 Å². The molecule has 4 aromatic rings. The van der Waals surface area contributed by atoms with Gasteiger partial charge in [-0.05, 0) is 43.9 Å². The Labute approximate surface area is 213 Å². The van der Waals surface area contributed by atoms with Crippen molar-refractivity contribution in [1.29, 1.82) is 0 Å². The summed E-state index contributed by atoms with van der Waals surface area (Å²) < 4.78 is 8.63. The first kappa shape index (κ1) is 24.7. The van der Waals surface area contributed by atoms with E-state index in [0.717, 1.165) is 65.9 Å². The third kappa shape index (κ3) is 5.09. The van der Waals surface area contributed by atoms with Crippen LogP contribution in [-0.4, -0.2) is 57.8 Å². The standard InChI is InChI=1S/C29H38N6O/c1-4-36-28(23-11-7-9-21-10-8-16-31-27(21)23)35-26-13-6-5-12-25(26)33-29(35)32-22-14-17-34(18-15-22)19-24(30)20(2)3/h5-13,16,20,22,24,28H,4,14-15,17-19,30H2,1-3H3,(H,32,33). The molecule has 0 spiro atoms. The minimum atomic E-state index is -0.340. The summed E-state index contributed by atoms with van der Waals surface area (Å²) in [6.07, 6.45) is 3.62. The molecule has 36 heavy (non-hydrogen) atoms. The zero-order valence-electron chi connectivity index (χ0n) is 21.6. The number of likely N-dealkylation sites (tertiary alicyclic amines) is 1. The summed E-state index contributed by atoms with van der Waals surface area (Å²) in [5.74, 6) is 1.35. The van der Waals surface area contributed by atoms with Crippen molar-refractivity contribution in [2.45, 2.75) is 51.9 Å². The van der Waals surface area contributed by atoms with Crippen LogP contribution in [0.25, 0.3) is 21.9 Å². The van der Waals surface area contributed by atoms with E-state index in [4.69, 9.17) is 20.4 Å². The molecule has 0 bridgehead atoms. The van der Waals surface area contributed by atoms with Gasteiger partial charge in [-0.15, -0.1) is 0 Å². The van der Waals surface area contributed by atoms with Crippen LogP contribution in [0.15, 0.2) is 60.8 Å². The Balaban J connectivity index is 1.46. The van der Waals surface area contributed by atoms with E-state index in [1.54, 1.807) is 0 Å². The number of imidazole rings is 1. The Morgan fingerprint density at radius 3 is 2.61 bits per heavy atom. The van der Waals surface area contributed by atoms with Crippen LogP contribution in [0.1, 0.15) is 45.4 Å². The Kier molecular flexibility index (Phi) is 7.51. The van der Waals surface area contributed by atoms with Gasteiger partial charge in [0.1, 0.15) is 0 Å². The molecule has 2 aromatic heterocycles. The minimum Gasteiger partial charge on any atom is -0.354 e. The number of ether oxygens (including phenoxy) is 1. The highest BCUT2D eigenvalue weighted by molar-refractivity contribution is 5.83. The van der Waals surface area contributed by atoms with Crippen molar-refractivity contribution in [1.82, 2.24) is 19.4 Å². The molecule has 1 saturated heterocycles. The maximum atomic E-state index is 6.42. The second-order valence-electron chi connectivity index (χ2n) is 10.2. The zero-order valence-corrected chi connectivity index (χ0v) is 21.6. The lowest BCUT2D eigenvalue weighted by atomic mass is 10.0. The Hall–Kier alpha value is -3.00. The number of fused-ring (bicyclic) bond motifs is 2. The molecular weight excluding hydrogens is 448 g/mol. The number of para-hydroxylation sites is 3. The lowest BCUT2D eigenvalue weighted by molar-refractivity contribution is 0.0460. The molecule has 0 radical (unpaired) electrons. The van der Waals surface area contributed by atoms with E-state index >= 15 is 0 Å². The number of nitrogens with one attached hydrogen (secondary N) is 1. The molecule has 1 aliphatic rings. The molecule has 7 heteroatoms. The number of benzene rings is 2. The van der Waals surface area contributed by atoms with Crippen molar-refractivity contribution >= 4 is 27.9 Å². The van der Waals surface area contributed by atoms with Crippen molar-refractivity contribution in [3.8, 4) is 0 Å². The van der Waals surface area contributed by atoms with Gasteiger partial charge >= 0.3 is 0 Å². The summed E-state index contributed by atoms with van der Waals surface area (Å²) in [5.41, 5.74) is 10.3. The summed E-state index contributed by atoms with van der Waals surface area (Å²) in [6, 6.07) is 19.2. The number of nitrogens with two attached hydrogens (primary N) is 1. The van der Waals surface area contributed by atoms with Gasteiger partial charge < -0.3 is 20.7 Å². The Bertz CT molecular complexity index is 1290. The Morgan fingerprint density at radius 1 is 1.06 bits per heavy atom. The van der Waals surface area contributed by atoms with Gasteiger partial charge in [-0.1, -0.05) is 50.2 Å². The summed E-state index contributed by atoms with van der Waals surface area (Å²) in [5, 5.41) is 4.89. The van der Waals surface area contributed by atoms with Crippen LogP contribution in [0.4, 0.5) is 5.95 Å². The van der Waals surface area contributed by atoms with Gasteiger partial charge in [-0.2, -0.15) is 0 Å². The van der Waals surface area contributed by atoms with Gasteiger partial charge in [-0.25, -0.2) is 4.98 Å². The quantitative estimate of drug-likeness (QED) is 0.345. The summed E-state index contributed by atoms with van der Waals surface area (Å²) in [4.78, 5) is 12.2. The van der Waals surface area contributed by atoms with Crippen LogP contribution in [0, 0.1) is 5.92 Å². The van der Waals surface area contributed by atoms with Crippen LogP contribution in [0.3, 0.4) is 0 Å². The van der Waals surface area contributed by atoms with Gasteiger partial charge in [0.2, 0.25) is 5.95 Å². The molecule has 1 aliphatic heterocycles. The van der Waals surface area contributed by atoms with Crippen molar-refractivity contribution in [2.75, 3.05) is 31.6 Å². The maximum absolute atomic E-state index is 6.42. The molecule has 190 valence electrons. The summed E-state index contributed by atoms with van der Waals surface area (Å²) in [7, 11) is 0. The number of hydrogen-bond acceptors (Lipinski definition) is 6. The topological polar surface area (TPSA) is 81.2 Å². The average molecular weight is 487 g/mol. The van der Waals surface area contributed by atoms with Gasteiger partial charge in [-0.3, -0.25) is 9.55 Å². The molecular formula is C29H38N6O. The number of rotatable bonds is 9. The fourth-order valence-electron chi connectivity index (χ4n) is 5.12. The smallest absolute Gasteiger partial charge is 0.206 e. The number of aromatic nitrogens is 3. The van der Waals surface area contributed by atoms with Crippen molar-refractivity contribution in [2.24, 2.45) is 11.7 Å². The largest absolute Gasteiger partial charge is 0.354 e. The minimum absolute atomic E-state index is 0.222. The highest BCUT2D eigenvalue weighted by Crippen LogP contribution is 2.33. The summed E-state index contributed by atoms with van der Waals surface area (Å²) >= 11 is 0. The monoisotopic (exact) mass is 486 g/mol. The maximum Gasteiger partial charge on any atom is 0.206 e. The molecule has 2 aromatic carbocycles. The highest BCUT2D eigenvalue weighted by atomic mass is 16.5. The number of nitrogens with zero attached hydrogens (tertiary/aromatic N) is 4. The van der Waals surface area contributed by atoms with Gasteiger partial charge in [0.25, 0.3) is 0 Å². The van der Waals surface area contributed by atoms with E-state index < -0.39 is 0 Å². The molecule has 2 atom stereocenters. The molecule has 0 aliphatic carbocycles. The van der Waals surface area contributed by atoms with Crippen molar-refractivity contribution in [3.63, 3.8) is 0 Å². The molecule has 5 rings (SSSR count). The first-order valence-electron chi connectivity index (χ1n) is 13.2. The van der Waals surface area contributed by atoms with E-state index in [2.05, 4.69) is 71.1 Å². The fraction of sp³-hybridized carbons (Fsp3) is 0.448. The number of piperidine rings is 1. The molecule has 7 nitrogen and oxygen atoms in total. The summed E-state index contributed by atoms with van der Waals surface area (Å²) in [6.45, 7) is 10.1. The van der Waals surface area contributed by atoms with Crippen molar-refractivity contribution < 1.29 is 4.74 Å². The lowest BCUT2D eigenvalue weighted by Crippen LogP contribution is -2.46. The second kappa shape index (κ2) is 10.9. The normalized spacial score (nSPS) is 17.1. The molecule has 2 unspecified atom stereocenters. The molecule has 0 amide bonds. The van der Waals surface area contributed by atoms with Gasteiger partial charge in [0.15, 0.2) is 6.23 Å². The third-order valence-electron chi connectivity index (χ3n) is 7.33. The van der Waals surface area contributed by atoms with Gasteiger partial charge in [0, 0.05) is 55.5 Å². The van der Waals surface area contributed by atoms with E-state index in [1.165, 1.54) is 0 Å². The first-order valence-corrected chi connectivity index (χ1v) is 13.2. The molecule has 3 heterocycles. The second-order valence-corrected chi connectivity index (χ2v) is 10.2. The highest BCUT2D eigenvalue weighted by Gasteiger charge is 2.27. The molecule has 3 N–H and O–H groups in total. The van der Waals surface area contributed by atoms with Crippen LogP contribution in [0.5, 0.6) is 0 Å². The van der Waals surface area contributed by atoms with Crippen molar-refractivity contribution in [3.05, 3.63) is 66.4 Å². The van der Waals surface area contributed by atoms with Crippen LogP contribution in [-0.2, 0) is 4.74 Å². The Morgan fingerprint density at radius 2 is 1.83 bits per heavy atom. The number of hydrogen-bond donors (Lipinski definition) is 2. The predicted octanol–water partition coefficient (Wildman–Crippen LogP) is 5.03. The van der Waals surface area contributed by atoms with Crippen LogP contribution < -0.4 is 11.1 Å². The first-order chi connectivity index (χ1) is 17.5. The predicted molar refractivity (Wildman–Crippen MR) is 147 cm³/mol. The van der Waals surface area contributed by atoms with E-state index in [1.807, 2.05) is 25.3 Å². The van der Waals surface area contributed by atoms with Crippen LogP contribution in [0.2, 0.25) is 0 Å². The fourth-order valence-corrected chi connectivity index (χ4v) is 5.12.